The van der Waals surface area contributed by atoms with Crippen molar-refractivity contribution in [1.82, 2.24) is 14.1 Å². The number of ether oxygens (including phenoxy) is 1. The molecule has 0 N–H and O–H groups in total. The van der Waals surface area contributed by atoms with Crippen LogP contribution in [0.1, 0.15) is 52.7 Å². The maximum atomic E-state index is 14.0. The van der Waals surface area contributed by atoms with Crippen LogP contribution >= 0.6 is 7.82 Å². The molecule has 1 aliphatic rings. The molecule has 1 saturated heterocycles. The lowest BCUT2D eigenvalue weighted by Gasteiger charge is -2.31. The number of benzene rings is 1. The third kappa shape index (κ3) is 8.48. The Kier molecular flexibility index (Phi) is 9.40. The van der Waals surface area contributed by atoms with Crippen molar-refractivity contribution in [3.8, 4) is 11.1 Å². The number of fused-ring (bicyclic) bond motifs is 1. The Morgan fingerprint density at radius 2 is 1.67 bits per heavy atom. The van der Waals surface area contributed by atoms with E-state index in [1.165, 1.54) is 12.1 Å². The molecular weight excluding hydrogens is 598 g/mol. The van der Waals surface area contributed by atoms with Gasteiger partial charge in [-0.05, 0) is 89.4 Å². The van der Waals surface area contributed by atoms with Crippen LogP contribution in [0.25, 0.3) is 22.2 Å². The van der Waals surface area contributed by atoms with E-state index >= 15 is 0 Å². The average molecular weight is 641 g/mol. The molecule has 4 aromatic rings. The van der Waals surface area contributed by atoms with E-state index in [0.29, 0.717) is 30.0 Å². The van der Waals surface area contributed by atoms with Gasteiger partial charge in [0.1, 0.15) is 18.2 Å². The van der Waals surface area contributed by atoms with Crippen molar-refractivity contribution in [3.63, 3.8) is 0 Å². The van der Waals surface area contributed by atoms with Crippen molar-refractivity contribution in [1.29, 1.82) is 0 Å². The number of hydrogen-bond acceptors (Lipinski definition) is 8. The van der Waals surface area contributed by atoms with E-state index in [1.54, 1.807) is 69.1 Å². The molecule has 0 bridgehead atoms. The summed E-state index contributed by atoms with van der Waals surface area (Å²) in [4.78, 5) is 20.3. The largest absolute Gasteiger partial charge is 0.477 e. The van der Waals surface area contributed by atoms with Gasteiger partial charge in [-0.15, -0.1) is 0 Å². The lowest BCUT2D eigenvalue weighted by Crippen LogP contribution is -2.36. The number of rotatable bonds is 9. The summed E-state index contributed by atoms with van der Waals surface area (Å²) in [5.41, 5.74) is 2.63. The zero-order valence-electron chi connectivity index (χ0n) is 27.0. The van der Waals surface area contributed by atoms with Crippen LogP contribution in [0.5, 0.6) is 0 Å². The van der Waals surface area contributed by atoms with Gasteiger partial charge in [0.05, 0.1) is 42.8 Å². The minimum absolute atomic E-state index is 0.167. The summed E-state index contributed by atoms with van der Waals surface area (Å²) in [6, 6.07) is 10.2. The highest BCUT2D eigenvalue weighted by Crippen LogP contribution is 2.55. The zero-order chi connectivity index (χ0) is 32.6. The first kappa shape index (κ1) is 33.0. The second kappa shape index (κ2) is 12.8. The summed E-state index contributed by atoms with van der Waals surface area (Å²) < 4.78 is 54.1. The Bertz CT molecular complexity index is 1740. The number of phosphoric acid groups is 1. The Morgan fingerprint density at radius 3 is 2.29 bits per heavy atom. The third-order valence-electron chi connectivity index (χ3n) is 6.96. The van der Waals surface area contributed by atoms with Crippen molar-refractivity contribution < 1.29 is 27.3 Å². The van der Waals surface area contributed by atoms with E-state index in [-0.39, 0.29) is 24.7 Å². The number of hydrogen-bond donors (Lipinski definition) is 0. The van der Waals surface area contributed by atoms with Crippen molar-refractivity contribution >= 4 is 24.5 Å². The van der Waals surface area contributed by atoms with Crippen molar-refractivity contribution in [2.75, 3.05) is 31.2 Å². The topological polar surface area (TPSA) is 97.1 Å². The highest BCUT2D eigenvalue weighted by molar-refractivity contribution is 7.48. The van der Waals surface area contributed by atoms with E-state index in [9.17, 15) is 13.8 Å². The molecule has 0 unspecified atom stereocenters. The van der Waals surface area contributed by atoms with Crippen LogP contribution < -0.4 is 10.5 Å². The van der Waals surface area contributed by atoms with Crippen molar-refractivity contribution in [3.05, 3.63) is 82.3 Å². The Balaban J connectivity index is 1.52. The molecule has 1 fully saturated rings. The Morgan fingerprint density at radius 1 is 0.978 bits per heavy atom. The van der Waals surface area contributed by atoms with Gasteiger partial charge in [-0.25, -0.2) is 13.9 Å². The zero-order valence-corrected chi connectivity index (χ0v) is 27.9. The molecule has 45 heavy (non-hydrogen) atoms. The van der Waals surface area contributed by atoms with Gasteiger partial charge in [-0.1, -0.05) is 6.07 Å². The van der Waals surface area contributed by atoms with Crippen LogP contribution in [0.2, 0.25) is 0 Å². The van der Waals surface area contributed by atoms with E-state index in [1.807, 2.05) is 31.3 Å². The van der Waals surface area contributed by atoms with Gasteiger partial charge in [0, 0.05) is 42.5 Å². The smallest absolute Gasteiger partial charge is 0.378 e. The molecule has 5 rings (SSSR count). The number of nitrogens with zero attached hydrogens (tertiary/aromatic N) is 4. The van der Waals surface area contributed by atoms with Crippen LogP contribution in [0.15, 0.2) is 59.8 Å². The SMILES string of the molecule is Cc1cc(F)cc(Cn2ccc(-c3cn(COP(=O)(OC(C)(C)C)OC(C)(C)C)c4ncc(N5CCOCC5)cc34)cc2=O)c1. The fourth-order valence-electron chi connectivity index (χ4n) is 5.26. The van der Waals surface area contributed by atoms with Gasteiger partial charge in [0.25, 0.3) is 5.56 Å². The summed E-state index contributed by atoms with van der Waals surface area (Å²) in [7, 11) is -4.01. The highest BCUT2D eigenvalue weighted by atomic mass is 31.2. The van der Waals surface area contributed by atoms with E-state index in [0.717, 1.165) is 35.3 Å². The number of halogens is 1. The number of morpholine rings is 1. The van der Waals surface area contributed by atoms with E-state index in [4.69, 9.17) is 23.3 Å². The summed E-state index contributed by atoms with van der Waals surface area (Å²) in [5, 5.41) is 0.795. The predicted molar refractivity (Wildman–Crippen MR) is 173 cm³/mol. The maximum absolute atomic E-state index is 14.0. The third-order valence-corrected chi connectivity index (χ3v) is 8.94. The molecule has 0 amide bonds. The van der Waals surface area contributed by atoms with Gasteiger partial charge in [-0.2, -0.15) is 0 Å². The highest BCUT2D eigenvalue weighted by Gasteiger charge is 2.37. The molecule has 3 aromatic heterocycles. The van der Waals surface area contributed by atoms with Crippen LogP contribution in [-0.2, 0) is 36.1 Å². The van der Waals surface area contributed by atoms with Crippen LogP contribution in [0.3, 0.4) is 0 Å². The molecule has 242 valence electrons. The first-order valence-corrected chi connectivity index (χ1v) is 16.5. The molecule has 4 heterocycles. The van der Waals surface area contributed by atoms with Gasteiger partial charge in [0.2, 0.25) is 0 Å². The molecule has 12 heteroatoms. The van der Waals surface area contributed by atoms with E-state index < -0.39 is 19.0 Å². The lowest BCUT2D eigenvalue weighted by molar-refractivity contribution is -0.00567. The number of pyridine rings is 2. The standard InChI is InChI=1S/C33H42FN4O6P/c1-23-14-24(16-26(34)15-23)20-37-9-8-25(17-30(37)39)29-21-38(22-42-45(40,43-32(2,3)4)44-33(5,6)7)31-28(29)18-27(19-35-31)36-10-12-41-13-11-36/h8-9,14-19,21H,10-13,20,22H2,1-7H3. The Hall–Kier alpha value is -3.34. The normalized spacial score (nSPS) is 14.8. The molecule has 0 aliphatic carbocycles. The summed E-state index contributed by atoms with van der Waals surface area (Å²) in [6.45, 7) is 15.3. The maximum Gasteiger partial charge on any atom is 0.477 e. The van der Waals surface area contributed by atoms with Gasteiger partial charge < -0.3 is 18.8 Å². The first-order valence-electron chi connectivity index (χ1n) is 15.0. The fourth-order valence-corrected chi connectivity index (χ4v) is 7.01. The number of phosphoric ester groups is 1. The fraction of sp³-hybridized carbons (Fsp3) is 0.455. The van der Waals surface area contributed by atoms with Crippen LogP contribution in [0, 0.1) is 12.7 Å². The number of anilines is 1. The average Bonchev–Trinajstić information content (AvgIpc) is 3.29. The second-order valence-corrected chi connectivity index (χ2v) is 14.8. The van der Waals surface area contributed by atoms with Gasteiger partial charge in [-0.3, -0.25) is 18.4 Å². The van der Waals surface area contributed by atoms with Crippen LogP contribution in [0.4, 0.5) is 10.1 Å². The Labute approximate surface area is 263 Å². The lowest BCUT2D eigenvalue weighted by atomic mass is 10.1. The first-order chi connectivity index (χ1) is 21.1. The van der Waals surface area contributed by atoms with E-state index in [2.05, 4.69) is 4.90 Å². The molecule has 10 nitrogen and oxygen atoms in total. The second-order valence-electron chi connectivity index (χ2n) is 13.3. The molecule has 0 saturated carbocycles. The minimum atomic E-state index is -4.01. The van der Waals surface area contributed by atoms with Crippen molar-refractivity contribution in [2.45, 2.75) is 72.9 Å². The number of aromatic nitrogens is 3. The summed E-state index contributed by atoms with van der Waals surface area (Å²) in [6.07, 6.45) is 5.33. The summed E-state index contributed by atoms with van der Waals surface area (Å²) >= 11 is 0. The van der Waals surface area contributed by atoms with Gasteiger partial charge in [0.15, 0.2) is 0 Å². The quantitative estimate of drug-likeness (QED) is 0.182. The molecule has 0 spiro atoms. The predicted octanol–water partition coefficient (Wildman–Crippen LogP) is 6.91. The van der Waals surface area contributed by atoms with Crippen molar-refractivity contribution in [2.24, 2.45) is 0 Å². The van der Waals surface area contributed by atoms with Crippen LogP contribution in [-0.4, -0.2) is 51.6 Å². The molecule has 0 atom stereocenters. The monoisotopic (exact) mass is 640 g/mol. The number of aryl methyl sites for hydroxylation is 1. The molecular formula is C33H42FN4O6P. The molecule has 0 radical (unpaired) electrons. The summed E-state index contributed by atoms with van der Waals surface area (Å²) in [5.74, 6) is -0.335. The molecule has 1 aliphatic heterocycles. The van der Waals surface area contributed by atoms with Gasteiger partial charge >= 0.3 is 7.82 Å². The molecule has 1 aromatic carbocycles. The minimum Gasteiger partial charge on any atom is -0.378 e.